The number of rotatable bonds is 2. The van der Waals surface area contributed by atoms with Gasteiger partial charge in [0.05, 0.1) is 5.52 Å². The Morgan fingerprint density at radius 1 is 0.652 bits per heavy atom. The number of aromatic nitrogens is 1. The van der Waals surface area contributed by atoms with E-state index in [0.29, 0.717) is 0 Å². The highest BCUT2D eigenvalue weighted by atomic mass is 15.0. The third-order valence-corrected chi connectivity index (χ3v) is 4.51. The van der Waals surface area contributed by atoms with Gasteiger partial charge in [-0.25, -0.2) is 0 Å². The van der Waals surface area contributed by atoms with Gasteiger partial charge in [-0.3, -0.25) is 0 Å². The number of nitrogens with zero attached hydrogens (tertiary/aromatic N) is 1. The molecule has 4 aromatic rings. The van der Waals surface area contributed by atoms with E-state index in [-0.39, 0.29) is 0 Å². The van der Waals surface area contributed by atoms with Crippen LogP contribution in [0, 0.1) is 13.8 Å². The molecule has 3 aromatic carbocycles. The van der Waals surface area contributed by atoms with Crippen molar-refractivity contribution in [2.24, 2.45) is 0 Å². The van der Waals surface area contributed by atoms with Gasteiger partial charge in [-0.2, -0.15) is 0 Å². The topological polar surface area (TPSA) is 4.93 Å². The first-order chi connectivity index (χ1) is 11.2. The van der Waals surface area contributed by atoms with Crippen molar-refractivity contribution in [2.45, 2.75) is 13.8 Å². The highest BCUT2D eigenvalue weighted by Crippen LogP contribution is 2.31. The molecule has 112 valence electrons. The Labute approximate surface area is 136 Å². The van der Waals surface area contributed by atoms with E-state index in [2.05, 4.69) is 97.4 Å². The lowest BCUT2D eigenvalue weighted by atomic mass is 9.95. The van der Waals surface area contributed by atoms with Crippen molar-refractivity contribution in [3.63, 3.8) is 0 Å². The van der Waals surface area contributed by atoms with Crippen molar-refractivity contribution in [1.29, 1.82) is 0 Å². The van der Waals surface area contributed by atoms with Crippen LogP contribution in [-0.4, -0.2) is 4.57 Å². The molecule has 0 aliphatic heterocycles. The fourth-order valence-corrected chi connectivity index (χ4v) is 3.27. The highest BCUT2D eigenvalue weighted by molar-refractivity contribution is 5.89. The number of para-hydroxylation sites is 1. The van der Waals surface area contributed by atoms with Gasteiger partial charge in [0, 0.05) is 17.3 Å². The molecule has 0 bridgehead atoms. The third kappa shape index (κ3) is 2.35. The molecule has 4 rings (SSSR count). The lowest BCUT2D eigenvalue weighted by Crippen LogP contribution is -1.93. The molecule has 23 heavy (non-hydrogen) atoms. The van der Waals surface area contributed by atoms with Crippen molar-refractivity contribution in [1.82, 2.24) is 4.57 Å². The number of hydrogen-bond donors (Lipinski definition) is 0. The predicted octanol–water partition coefficient (Wildman–Crippen LogP) is 5.91. The Balaban J connectivity index is 1.92. The molecule has 0 radical (unpaired) electrons. The van der Waals surface area contributed by atoms with Gasteiger partial charge in [0.25, 0.3) is 0 Å². The van der Waals surface area contributed by atoms with Gasteiger partial charge >= 0.3 is 0 Å². The van der Waals surface area contributed by atoms with Crippen molar-refractivity contribution >= 4 is 10.9 Å². The van der Waals surface area contributed by atoms with Crippen LogP contribution in [0.4, 0.5) is 0 Å². The number of aryl methyl sites for hydroxylation is 2. The molecular weight excluding hydrogens is 278 g/mol. The molecule has 0 spiro atoms. The summed E-state index contributed by atoms with van der Waals surface area (Å²) in [6, 6.07) is 25.9. The molecule has 0 unspecified atom stereocenters. The minimum Gasteiger partial charge on any atom is -0.317 e. The zero-order valence-electron chi connectivity index (χ0n) is 13.5. The number of fused-ring (bicyclic) bond motifs is 1. The van der Waals surface area contributed by atoms with Gasteiger partial charge in [0.2, 0.25) is 0 Å². The molecule has 0 aliphatic carbocycles. The Bertz CT molecular complexity index is 977. The molecule has 0 N–H and O–H groups in total. The Kier molecular flexibility index (Phi) is 3.27. The van der Waals surface area contributed by atoms with E-state index >= 15 is 0 Å². The first-order valence-electron chi connectivity index (χ1n) is 7.97. The van der Waals surface area contributed by atoms with Crippen LogP contribution in [0.5, 0.6) is 0 Å². The summed E-state index contributed by atoms with van der Waals surface area (Å²) in [6.07, 6.45) is 2.15. The molecule has 1 aromatic heterocycles. The normalized spacial score (nSPS) is 11.0. The maximum Gasteiger partial charge on any atom is 0.0531 e. The van der Waals surface area contributed by atoms with Gasteiger partial charge in [0.15, 0.2) is 0 Å². The van der Waals surface area contributed by atoms with Crippen molar-refractivity contribution < 1.29 is 0 Å². The minimum absolute atomic E-state index is 1.20. The fourth-order valence-electron chi connectivity index (χ4n) is 3.27. The van der Waals surface area contributed by atoms with Gasteiger partial charge in [0.1, 0.15) is 0 Å². The molecule has 0 amide bonds. The maximum atomic E-state index is 2.31. The number of benzene rings is 3. The SMILES string of the molecule is Cc1ccccc1-c1cc2ccn(-c3ccccc3)c2cc1C. The molecule has 1 heteroatoms. The van der Waals surface area contributed by atoms with Crippen molar-refractivity contribution in [3.05, 3.63) is 90.1 Å². The van der Waals surface area contributed by atoms with Crippen LogP contribution in [0.1, 0.15) is 11.1 Å². The van der Waals surface area contributed by atoms with Crippen LogP contribution in [0.2, 0.25) is 0 Å². The Morgan fingerprint density at radius 2 is 1.39 bits per heavy atom. The van der Waals surface area contributed by atoms with Gasteiger partial charge in [-0.1, -0.05) is 42.5 Å². The summed E-state index contributed by atoms with van der Waals surface area (Å²) in [7, 11) is 0. The lowest BCUT2D eigenvalue weighted by Gasteiger charge is -2.11. The van der Waals surface area contributed by atoms with Crippen LogP contribution >= 0.6 is 0 Å². The number of hydrogen-bond acceptors (Lipinski definition) is 0. The quantitative estimate of drug-likeness (QED) is 0.433. The fraction of sp³-hybridized carbons (Fsp3) is 0.0909. The van der Waals surface area contributed by atoms with Crippen LogP contribution in [0.15, 0.2) is 79.0 Å². The second-order valence-corrected chi connectivity index (χ2v) is 6.06. The van der Waals surface area contributed by atoms with Gasteiger partial charge in [-0.15, -0.1) is 0 Å². The van der Waals surface area contributed by atoms with Crippen LogP contribution in [0.25, 0.3) is 27.7 Å². The zero-order valence-corrected chi connectivity index (χ0v) is 13.5. The average Bonchev–Trinajstić information content (AvgIpc) is 2.98. The summed E-state index contributed by atoms with van der Waals surface area (Å²) in [4.78, 5) is 0. The Morgan fingerprint density at radius 3 is 2.17 bits per heavy atom. The molecular formula is C22H19N. The monoisotopic (exact) mass is 297 g/mol. The third-order valence-electron chi connectivity index (χ3n) is 4.51. The summed E-state index contributed by atoms with van der Waals surface area (Å²) >= 11 is 0. The zero-order chi connectivity index (χ0) is 15.8. The van der Waals surface area contributed by atoms with Crippen LogP contribution in [0.3, 0.4) is 0 Å². The summed E-state index contributed by atoms with van der Waals surface area (Å²) in [5, 5.41) is 1.28. The molecule has 1 heterocycles. The van der Waals surface area contributed by atoms with E-state index in [0.717, 1.165) is 0 Å². The average molecular weight is 297 g/mol. The van der Waals surface area contributed by atoms with E-state index in [1.165, 1.54) is 38.8 Å². The van der Waals surface area contributed by atoms with Crippen molar-refractivity contribution in [3.8, 4) is 16.8 Å². The van der Waals surface area contributed by atoms with E-state index in [1.807, 2.05) is 0 Å². The largest absolute Gasteiger partial charge is 0.317 e. The molecule has 0 saturated heterocycles. The molecule has 0 fully saturated rings. The second kappa shape index (κ2) is 5.44. The van der Waals surface area contributed by atoms with E-state index in [9.17, 15) is 0 Å². The first-order valence-corrected chi connectivity index (χ1v) is 7.97. The van der Waals surface area contributed by atoms with Crippen LogP contribution < -0.4 is 0 Å². The predicted molar refractivity (Wildman–Crippen MR) is 98.2 cm³/mol. The first kappa shape index (κ1) is 13.8. The van der Waals surface area contributed by atoms with Gasteiger partial charge in [-0.05, 0) is 66.4 Å². The summed E-state index contributed by atoms with van der Waals surface area (Å²) in [5.74, 6) is 0. The molecule has 1 nitrogen and oxygen atoms in total. The summed E-state index contributed by atoms with van der Waals surface area (Å²) in [6.45, 7) is 4.37. The minimum atomic E-state index is 1.20. The molecule has 0 aliphatic rings. The van der Waals surface area contributed by atoms with Gasteiger partial charge < -0.3 is 4.57 Å². The molecule has 0 atom stereocenters. The molecule has 0 saturated carbocycles. The van der Waals surface area contributed by atoms with E-state index < -0.39 is 0 Å². The maximum absolute atomic E-state index is 2.31. The summed E-state index contributed by atoms with van der Waals surface area (Å²) < 4.78 is 2.25. The van der Waals surface area contributed by atoms with Crippen LogP contribution in [-0.2, 0) is 0 Å². The van der Waals surface area contributed by atoms with E-state index in [4.69, 9.17) is 0 Å². The lowest BCUT2D eigenvalue weighted by molar-refractivity contribution is 1.13. The second-order valence-electron chi connectivity index (χ2n) is 6.06. The highest BCUT2D eigenvalue weighted by Gasteiger charge is 2.09. The summed E-state index contributed by atoms with van der Waals surface area (Å²) in [5.41, 5.74) is 7.72. The Hall–Kier alpha value is -2.80. The van der Waals surface area contributed by atoms with Crippen molar-refractivity contribution in [2.75, 3.05) is 0 Å². The smallest absolute Gasteiger partial charge is 0.0531 e. The standard InChI is InChI=1S/C22H19N/c1-16-8-6-7-11-20(16)21-15-18-12-13-23(22(18)14-17(21)2)19-9-4-3-5-10-19/h3-15H,1-2H3. The van der Waals surface area contributed by atoms with E-state index in [1.54, 1.807) is 0 Å².